The van der Waals surface area contributed by atoms with Gasteiger partial charge in [0.2, 0.25) is 5.91 Å². The van der Waals surface area contributed by atoms with Crippen LogP contribution in [0.15, 0.2) is 27.6 Å². The molecule has 0 aliphatic rings. The molecule has 0 fully saturated rings. The van der Waals surface area contributed by atoms with Crippen LogP contribution in [0.1, 0.15) is 25.3 Å². The van der Waals surface area contributed by atoms with E-state index < -0.39 is 5.97 Å². The van der Waals surface area contributed by atoms with Crippen molar-refractivity contribution in [2.24, 2.45) is 5.92 Å². The molecule has 1 atom stereocenters. The maximum atomic E-state index is 11.8. The van der Waals surface area contributed by atoms with E-state index in [1.807, 2.05) is 32.0 Å². The number of benzene rings is 1. The zero-order valence-corrected chi connectivity index (χ0v) is 14.6. The molecule has 0 saturated heterocycles. The van der Waals surface area contributed by atoms with E-state index in [0.717, 1.165) is 14.9 Å². The zero-order valence-electron chi connectivity index (χ0n) is 12.2. The van der Waals surface area contributed by atoms with Crippen LogP contribution >= 0.6 is 27.7 Å². The number of carbonyl (C=O) groups is 2. The Bertz CT molecular complexity index is 508. The first kappa shape index (κ1) is 18.0. The zero-order chi connectivity index (χ0) is 15.8. The molecule has 0 bridgehead atoms. The molecule has 0 radical (unpaired) electrons. The summed E-state index contributed by atoms with van der Waals surface area (Å²) in [7, 11) is 0. The summed E-state index contributed by atoms with van der Waals surface area (Å²) >= 11 is 4.92. The molecule has 4 nitrogen and oxygen atoms in total. The van der Waals surface area contributed by atoms with E-state index in [0.29, 0.717) is 18.7 Å². The Balaban J connectivity index is 2.29. The average Bonchev–Trinajstić information content (AvgIpc) is 2.41. The van der Waals surface area contributed by atoms with Gasteiger partial charge in [-0.25, -0.2) is 0 Å². The van der Waals surface area contributed by atoms with Crippen molar-refractivity contribution >= 4 is 39.6 Å². The van der Waals surface area contributed by atoms with Crippen LogP contribution in [-0.2, 0) is 9.59 Å². The normalized spacial score (nSPS) is 12.0. The van der Waals surface area contributed by atoms with E-state index in [1.54, 1.807) is 0 Å². The van der Waals surface area contributed by atoms with Crippen molar-refractivity contribution in [2.45, 2.75) is 31.6 Å². The number of carbonyl (C=O) groups excluding carboxylic acids is 1. The SMILES string of the molecule is Cc1cc(Br)ccc1SCC(=O)NCC(C)CCC(=O)O. The van der Waals surface area contributed by atoms with E-state index in [-0.39, 0.29) is 18.2 Å². The monoisotopic (exact) mass is 373 g/mol. The van der Waals surface area contributed by atoms with Gasteiger partial charge >= 0.3 is 5.97 Å². The van der Waals surface area contributed by atoms with Gasteiger partial charge in [0.05, 0.1) is 5.75 Å². The molecule has 1 amide bonds. The Morgan fingerprint density at radius 2 is 2.14 bits per heavy atom. The minimum absolute atomic E-state index is 0.0236. The van der Waals surface area contributed by atoms with Gasteiger partial charge < -0.3 is 10.4 Å². The van der Waals surface area contributed by atoms with Crippen LogP contribution in [0.2, 0.25) is 0 Å². The summed E-state index contributed by atoms with van der Waals surface area (Å²) in [5.41, 5.74) is 1.14. The number of nitrogens with one attached hydrogen (secondary N) is 1. The summed E-state index contributed by atoms with van der Waals surface area (Å²) in [6, 6.07) is 5.97. The average molecular weight is 374 g/mol. The number of carboxylic acids is 1. The number of aliphatic carboxylic acids is 1. The maximum Gasteiger partial charge on any atom is 0.303 e. The van der Waals surface area contributed by atoms with Crippen molar-refractivity contribution in [3.8, 4) is 0 Å². The van der Waals surface area contributed by atoms with Crippen molar-refractivity contribution in [1.82, 2.24) is 5.32 Å². The van der Waals surface area contributed by atoms with Gasteiger partial charge in [-0.05, 0) is 43.0 Å². The van der Waals surface area contributed by atoms with Crippen LogP contribution in [0.4, 0.5) is 0 Å². The van der Waals surface area contributed by atoms with E-state index in [4.69, 9.17) is 5.11 Å². The molecule has 1 unspecified atom stereocenters. The van der Waals surface area contributed by atoms with Crippen molar-refractivity contribution in [2.75, 3.05) is 12.3 Å². The summed E-state index contributed by atoms with van der Waals surface area (Å²) in [4.78, 5) is 23.3. The smallest absolute Gasteiger partial charge is 0.303 e. The Kier molecular flexibility index (Phi) is 7.82. The third kappa shape index (κ3) is 7.52. The van der Waals surface area contributed by atoms with Gasteiger partial charge in [0.1, 0.15) is 0 Å². The maximum absolute atomic E-state index is 11.8. The molecule has 1 rings (SSSR count). The molecule has 0 aromatic heterocycles. The quantitative estimate of drug-likeness (QED) is 0.684. The first-order valence-corrected chi connectivity index (χ1v) is 8.53. The molecule has 1 aromatic rings. The van der Waals surface area contributed by atoms with Crippen LogP contribution in [-0.4, -0.2) is 29.3 Å². The molecule has 21 heavy (non-hydrogen) atoms. The molecule has 6 heteroatoms. The van der Waals surface area contributed by atoms with Gasteiger partial charge in [0.25, 0.3) is 0 Å². The highest BCUT2D eigenvalue weighted by Gasteiger charge is 2.09. The summed E-state index contributed by atoms with van der Waals surface area (Å²) in [5.74, 6) is -0.280. The number of rotatable bonds is 8. The minimum Gasteiger partial charge on any atom is -0.481 e. The van der Waals surface area contributed by atoms with Crippen LogP contribution in [0.3, 0.4) is 0 Å². The standard InChI is InChI=1S/C15H20BrNO3S/c1-10(3-6-15(19)20)8-17-14(18)9-21-13-5-4-12(16)7-11(13)2/h4-5,7,10H,3,6,8-9H2,1-2H3,(H,17,18)(H,19,20). The number of thioether (sulfide) groups is 1. The van der Waals surface area contributed by atoms with Crippen LogP contribution < -0.4 is 5.32 Å². The molecule has 0 aliphatic carbocycles. The van der Waals surface area contributed by atoms with E-state index >= 15 is 0 Å². The van der Waals surface area contributed by atoms with Gasteiger partial charge in [0.15, 0.2) is 0 Å². The number of hydrogen-bond donors (Lipinski definition) is 2. The topological polar surface area (TPSA) is 66.4 Å². The Morgan fingerprint density at radius 1 is 1.43 bits per heavy atom. The highest BCUT2D eigenvalue weighted by Crippen LogP contribution is 2.25. The Hall–Kier alpha value is -1.01. The van der Waals surface area contributed by atoms with Gasteiger partial charge in [-0.1, -0.05) is 22.9 Å². The molecule has 0 spiro atoms. The molecular weight excluding hydrogens is 354 g/mol. The van der Waals surface area contributed by atoms with E-state index in [2.05, 4.69) is 21.2 Å². The van der Waals surface area contributed by atoms with Gasteiger partial charge in [-0.15, -0.1) is 11.8 Å². The summed E-state index contributed by atoms with van der Waals surface area (Å²) in [6.45, 7) is 4.47. The summed E-state index contributed by atoms with van der Waals surface area (Å²) < 4.78 is 1.03. The van der Waals surface area contributed by atoms with Gasteiger partial charge in [-0.3, -0.25) is 9.59 Å². The second kappa shape index (κ2) is 9.10. The lowest BCUT2D eigenvalue weighted by Crippen LogP contribution is -2.29. The first-order chi connectivity index (χ1) is 9.88. The molecule has 0 aliphatic heterocycles. The second-order valence-corrected chi connectivity index (χ2v) is 6.97. The number of amides is 1. The molecule has 0 saturated carbocycles. The van der Waals surface area contributed by atoms with Gasteiger partial charge in [-0.2, -0.15) is 0 Å². The van der Waals surface area contributed by atoms with E-state index in [9.17, 15) is 9.59 Å². The van der Waals surface area contributed by atoms with Crippen molar-refractivity contribution in [3.63, 3.8) is 0 Å². The Morgan fingerprint density at radius 3 is 2.76 bits per heavy atom. The van der Waals surface area contributed by atoms with Crippen LogP contribution in [0.25, 0.3) is 0 Å². The lowest BCUT2D eigenvalue weighted by Gasteiger charge is -2.11. The third-order valence-corrected chi connectivity index (χ3v) is 4.66. The fourth-order valence-corrected chi connectivity index (χ4v) is 3.04. The molecular formula is C15H20BrNO3S. The molecule has 0 heterocycles. The van der Waals surface area contributed by atoms with Crippen molar-refractivity contribution in [1.29, 1.82) is 0 Å². The largest absolute Gasteiger partial charge is 0.481 e. The number of hydrogen-bond acceptors (Lipinski definition) is 3. The molecule has 1 aromatic carbocycles. The van der Waals surface area contributed by atoms with Crippen molar-refractivity contribution < 1.29 is 14.7 Å². The highest BCUT2D eigenvalue weighted by atomic mass is 79.9. The summed E-state index contributed by atoms with van der Waals surface area (Å²) in [5, 5.41) is 11.4. The van der Waals surface area contributed by atoms with E-state index in [1.165, 1.54) is 11.8 Å². The predicted octanol–water partition coefficient (Wildman–Crippen LogP) is 3.47. The number of carboxylic acid groups (broad SMARTS) is 1. The fourth-order valence-electron chi connectivity index (χ4n) is 1.73. The highest BCUT2D eigenvalue weighted by molar-refractivity contribution is 9.10. The molecule has 2 N–H and O–H groups in total. The third-order valence-electron chi connectivity index (χ3n) is 2.99. The fraction of sp³-hybridized carbons (Fsp3) is 0.467. The predicted molar refractivity (Wildman–Crippen MR) is 88.6 cm³/mol. The van der Waals surface area contributed by atoms with Crippen LogP contribution in [0.5, 0.6) is 0 Å². The first-order valence-electron chi connectivity index (χ1n) is 6.76. The number of aryl methyl sites for hydroxylation is 1. The minimum atomic E-state index is -0.797. The van der Waals surface area contributed by atoms with Gasteiger partial charge in [0, 0.05) is 22.3 Å². The summed E-state index contributed by atoms with van der Waals surface area (Å²) in [6.07, 6.45) is 0.721. The number of halogens is 1. The second-order valence-electron chi connectivity index (χ2n) is 5.04. The molecule has 116 valence electrons. The Labute approximate surface area is 137 Å². The van der Waals surface area contributed by atoms with Crippen molar-refractivity contribution in [3.05, 3.63) is 28.2 Å². The van der Waals surface area contributed by atoms with Crippen LogP contribution in [0, 0.1) is 12.8 Å². The lowest BCUT2D eigenvalue weighted by atomic mass is 10.1. The lowest BCUT2D eigenvalue weighted by molar-refractivity contribution is -0.137.